The number of thioether (sulfide) groups is 1. The van der Waals surface area contributed by atoms with Crippen LogP contribution in [0.15, 0.2) is 30.3 Å². The first-order chi connectivity index (χ1) is 14.9. The summed E-state index contributed by atoms with van der Waals surface area (Å²) in [5, 5.41) is 0. The number of ether oxygens (including phenoxy) is 5. The van der Waals surface area contributed by atoms with Crippen molar-refractivity contribution in [3.8, 4) is 0 Å². The molecule has 3 heterocycles. The average molecular weight is 451 g/mol. The summed E-state index contributed by atoms with van der Waals surface area (Å²) in [5.74, 6) is 1.57. The van der Waals surface area contributed by atoms with Gasteiger partial charge in [-0.1, -0.05) is 65.0 Å². The molecule has 11 atom stereocenters. The van der Waals surface area contributed by atoms with E-state index < -0.39 is 6.29 Å². The molecule has 3 aliphatic rings. The van der Waals surface area contributed by atoms with E-state index in [2.05, 4.69) is 40.9 Å². The quantitative estimate of drug-likeness (QED) is 0.610. The standard InChI is InChI=1S/C25H38O5S/c1-7-19-15(3)14(2)16(4)23(27-19)29-21-17(5)25(31-6)28-20-13-26-24(30-22(20)21)18-11-9-8-10-12-18/h8-12,14-17,19-25H,7,13H2,1-6H3/t14-,15+,16?,17?,19?,20?,21+,22-,23-,24?,25-/m0/s1. The topological polar surface area (TPSA) is 46.2 Å². The number of benzene rings is 1. The Hall–Kier alpha value is -0.630. The molecule has 0 spiro atoms. The average Bonchev–Trinajstić information content (AvgIpc) is 2.80. The molecule has 0 bridgehead atoms. The molecule has 1 aromatic rings. The molecule has 1 aromatic carbocycles. The minimum atomic E-state index is -0.401. The second kappa shape index (κ2) is 10.1. The zero-order valence-corrected chi connectivity index (χ0v) is 20.4. The molecule has 4 rings (SSSR count). The van der Waals surface area contributed by atoms with Crippen LogP contribution in [0.3, 0.4) is 0 Å². The fourth-order valence-corrected chi connectivity index (χ4v) is 6.06. The first kappa shape index (κ1) is 23.5. The molecule has 31 heavy (non-hydrogen) atoms. The summed E-state index contributed by atoms with van der Waals surface area (Å²) in [7, 11) is 0. The van der Waals surface area contributed by atoms with E-state index in [1.807, 2.05) is 30.3 Å². The molecule has 0 N–H and O–H groups in total. The van der Waals surface area contributed by atoms with Gasteiger partial charge in [-0.2, -0.15) is 0 Å². The van der Waals surface area contributed by atoms with Crippen LogP contribution < -0.4 is 0 Å². The van der Waals surface area contributed by atoms with Gasteiger partial charge in [0.1, 0.15) is 17.6 Å². The van der Waals surface area contributed by atoms with Crippen LogP contribution in [0, 0.1) is 23.7 Å². The zero-order chi connectivity index (χ0) is 22.1. The van der Waals surface area contributed by atoms with Crippen LogP contribution in [0.5, 0.6) is 0 Å². The Balaban J connectivity index is 1.55. The van der Waals surface area contributed by atoms with Crippen LogP contribution in [0.2, 0.25) is 0 Å². The van der Waals surface area contributed by atoms with Crippen molar-refractivity contribution < 1.29 is 23.7 Å². The van der Waals surface area contributed by atoms with E-state index in [0.717, 1.165) is 12.0 Å². The van der Waals surface area contributed by atoms with Crippen LogP contribution in [0.1, 0.15) is 52.9 Å². The van der Waals surface area contributed by atoms with Crippen molar-refractivity contribution in [2.24, 2.45) is 23.7 Å². The van der Waals surface area contributed by atoms with Gasteiger partial charge in [0.25, 0.3) is 0 Å². The molecule has 3 fully saturated rings. The highest BCUT2D eigenvalue weighted by molar-refractivity contribution is 7.99. The summed E-state index contributed by atoms with van der Waals surface area (Å²) in [5.41, 5.74) is 1.07. The Labute approximate surface area is 191 Å². The van der Waals surface area contributed by atoms with Gasteiger partial charge < -0.3 is 23.7 Å². The molecule has 5 nitrogen and oxygen atoms in total. The van der Waals surface area contributed by atoms with Gasteiger partial charge in [0, 0.05) is 17.4 Å². The summed E-state index contributed by atoms with van der Waals surface area (Å²) in [6.45, 7) is 11.8. The molecular formula is C25H38O5S. The van der Waals surface area contributed by atoms with Crippen molar-refractivity contribution in [2.45, 2.75) is 83.5 Å². The van der Waals surface area contributed by atoms with Crippen molar-refractivity contribution in [1.29, 1.82) is 0 Å². The third-order valence-electron chi connectivity index (χ3n) is 7.62. The Morgan fingerprint density at radius 1 is 0.935 bits per heavy atom. The Bertz CT molecular complexity index is 700. The van der Waals surface area contributed by atoms with E-state index in [-0.39, 0.29) is 42.1 Å². The van der Waals surface area contributed by atoms with Crippen molar-refractivity contribution in [3.05, 3.63) is 35.9 Å². The van der Waals surface area contributed by atoms with Gasteiger partial charge in [-0.25, -0.2) is 0 Å². The SMILES string of the molecule is CCC1O[C@@H](O[C@@H]2C(C)[C@H](SC)OC3COC(c4ccccc4)O[C@@H]32)C(C)[C@@H](C)[C@H]1C. The van der Waals surface area contributed by atoms with Crippen molar-refractivity contribution in [3.63, 3.8) is 0 Å². The Morgan fingerprint density at radius 3 is 2.35 bits per heavy atom. The second-order valence-corrected chi connectivity index (χ2v) is 10.4. The minimum Gasteiger partial charge on any atom is -0.359 e. The predicted octanol–water partition coefficient (Wildman–Crippen LogP) is 5.25. The monoisotopic (exact) mass is 450 g/mol. The van der Waals surface area contributed by atoms with Gasteiger partial charge in [0.05, 0.1) is 18.8 Å². The molecule has 3 saturated heterocycles. The summed E-state index contributed by atoms with van der Waals surface area (Å²) < 4.78 is 32.2. The summed E-state index contributed by atoms with van der Waals surface area (Å²) in [4.78, 5) is 0. The van der Waals surface area contributed by atoms with Crippen LogP contribution in [0.25, 0.3) is 0 Å². The smallest absolute Gasteiger partial charge is 0.184 e. The Kier molecular flexibility index (Phi) is 7.67. The lowest BCUT2D eigenvalue weighted by atomic mass is 9.78. The summed E-state index contributed by atoms with van der Waals surface area (Å²) in [6.07, 6.45) is 2.24. The number of hydrogen-bond donors (Lipinski definition) is 0. The van der Waals surface area contributed by atoms with E-state index in [1.54, 1.807) is 11.8 Å². The highest BCUT2D eigenvalue weighted by Crippen LogP contribution is 2.43. The number of fused-ring (bicyclic) bond motifs is 1. The molecule has 0 saturated carbocycles. The molecule has 0 aliphatic carbocycles. The highest BCUT2D eigenvalue weighted by Gasteiger charge is 2.51. The van der Waals surface area contributed by atoms with Gasteiger partial charge in [-0.05, 0) is 24.5 Å². The molecular weight excluding hydrogens is 412 g/mol. The van der Waals surface area contributed by atoms with E-state index in [9.17, 15) is 0 Å². The van der Waals surface area contributed by atoms with Gasteiger partial charge in [-0.15, -0.1) is 11.8 Å². The normalized spacial score (nSPS) is 45.8. The zero-order valence-electron chi connectivity index (χ0n) is 19.6. The van der Waals surface area contributed by atoms with Crippen LogP contribution >= 0.6 is 11.8 Å². The maximum Gasteiger partial charge on any atom is 0.184 e. The first-order valence-electron chi connectivity index (χ1n) is 11.8. The van der Waals surface area contributed by atoms with E-state index in [4.69, 9.17) is 23.7 Å². The lowest BCUT2D eigenvalue weighted by Crippen LogP contribution is -2.60. The number of hydrogen-bond acceptors (Lipinski definition) is 6. The van der Waals surface area contributed by atoms with Crippen molar-refractivity contribution in [2.75, 3.05) is 12.9 Å². The minimum absolute atomic E-state index is 0.0453. The van der Waals surface area contributed by atoms with Gasteiger partial charge >= 0.3 is 0 Å². The molecule has 0 aromatic heterocycles. The molecule has 5 unspecified atom stereocenters. The lowest BCUT2D eigenvalue weighted by molar-refractivity contribution is -0.348. The van der Waals surface area contributed by atoms with Crippen molar-refractivity contribution >= 4 is 11.8 Å². The van der Waals surface area contributed by atoms with E-state index >= 15 is 0 Å². The van der Waals surface area contributed by atoms with E-state index in [0.29, 0.717) is 24.4 Å². The van der Waals surface area contributed by atoms with E-state index in [1.165, 1.54) is 0 Å². The third kappa shape index (κ3) is 4.71. The third-order valence-corrected chi connectivity index (χ3v) is 8.63. The Morgan fingerprint density at radius 2 is 1.68 bits per heavy atom. The fraction of sp³-hybridized carbons (Fsp3) is 0.760. The van der Waals surface area contributed by atoms with Crippen LogP contribution in [0.4, 0.5) is 0 Å². The maximum atomic E-state index is 6.80. The molecule has 0 radical (unpaired) electrons. The molecule has 6 heteroatoms. The largest absolute Gasteiger partial charge is 0.359 e. The lowest BCUT2D eigenvalue weighted by Gasteiger charge is -2.51. The number of rotatable bonds is 5. The van der Waals surface area contributed by atoms with Gasteiger partial charge in [-0.3, -0.25) is 0 Å². The summed E-state index contributed by atoms with van der Waals surface area (Å²) in [6, 6.07) is 10.1. The molecule has 3 aliphatic heterocycles. The van der Waals surface area contributed by atoms with Gasteiger partial charge in [0.2, 0.25) is 0 Å². The first-order valence-corrected chi connectivity index (χ1v) is 13.0. The summed E-state index contributed by atoms with van der Waals surface area (Å²) >= 11 is 1.73. The van der Waals surface area contributed by atoms with Gasteiger partial charge in [0.15, 0.2) is 12.6 Å². The molecule has 0 amide bonds. The van der Waals surface area contributed by atoms with Crippen molar-refractivity contribution in [1.82, 2.24) is 0 Å². The molecule has 174 valence electrons. The highest BCUT2D eigenvalue weighted by atomic mass is 32.2. The second-order valence-electron chi connectivity index (χ2n) is 9.44. The fourth-order valence-electron chi connectivity index (χ4n) is 5.22. The van der Waals surface area contributed by atoms with Crippen LogP contribution in [-0.2, 0) is 23.7 Å². The predicted molar refractivity (Wildman–Crippen MR) is 123 cm³/mol. The van der Waals surface area contributed by atoms with Crippen LogP contribution in [-0.4, -0.2) is 49.0 Å². The maximum absolute atomic E-state index is 6.80.